The first kappa shape index (κ1) is 19.0. The van der Waals surface area contributed by atoms with Crippen molar-refractivity contribution in [2.75, 3.05) is 11.6 Å². The Labute approximate surface area is 173 Å². The number of carbonyl (C=O) groups is 1. The Bertz CT molecular complexity index is 1230. The lowest BCUT2D eigenvalue weighted by Crippen LogP contribution is -2.05. The zero-order valence-corrected chi connectivity index (χ0v) is 17.0. The van der Waals surface area contributed by atoms with Crippen molar-refractivity contribution in [1.82, 2.24) is 0 Å². The summed E-state index contributed by atoms with van der Waals surface area (Å²) < 4.78 is 6.15. The van der Waals surface area contributed by atoms with Gasteiger partial charge >= 0.3 is 0 Å². The molecule has 0 saturated heterocycles. The molecule has 0 bridgehead atoms. The molecule has 4 nitrogen and oxygen atoms in total. The molecule has 4 aromatic rings. The van der Waals surface area contributed by atoms with Gasteiger partial charge in [0.05, 0.1) is 11.0 Å². The topological polar surface area (TPSA) is 54.6 Å². The summed E-state index contributed by atoms with van der Waals surface area (Å²) in [5.74, 6) is 0.674. The quantitative estimate of drug-likeness (QED) is 0.427. The van der Waals surface area contributed by atoms with Gasteiger partial charge in [-0.2, -0.15) is 0 Å². The van der Waals surface area contributed by atoms with Crippen molar-refractivity contribution >= 4 is 40.0 Å². The molecule has 0 atom stereocenters. The van der Waals surface area contributed by atoms with Crippen LogP contribution in [-0.4, -0.2) is 12.2 Å². The molecule has 0 radical (unpaired) electrons. The number of hydrogen-bond donors (Lipinski definition) is 1. The van der Waals surface area contributed by atoms with Gasteiger partial charge in [0.25, 0.3) is 0 Å². The lowest BCUT2D eigenvalue weighted by atomic mass is 10.1. The molecule has 5 heteroatoms. The fourth-order valence-electron chi connectivity index (χ4n) is 3.07. The van der Waals surface area contributed by atoms with Crippen LogP contribution < -0.4 is 10.7 Å². The van der Waals surface area contributed by atoms with E-state index in [-0.39, 0.29) is 5.91 Å². The van der Waals surface area contributed by atoms with Gasteiger partial charge in [0.15, 0.2) is 0 Å². The maximum absolute atomic E-state index is 11.2. The van der Waals surface area contributed by atoms with Crippen molar-refractivity contribution < 1.29 is 9.21 Å². The van der Waals surface area contributed by atoms with Gasteiger partial charge in [-0.15, -0.1) is 11.8 Å². The molecule has 1 heterocycles. The van der Waals surface area contributed by atoms with E-state index in [9.17, 15) is 4.79 Å². The average molecular weight is 401 g/mol. The number of nitrogens with one attached hydrogen (secondary N) is 1. The summed E-state index contributed by atoms with van der Waals surface area (Å²) in [5, 5.41) is 4.55. The molecule has 0 saturated carbocycles. The standard InChI is InChI=1S/C24H20N2O2S/c1-16(27)25-18-9-11-19(12-10-18)26-22-15-24(17-7-13-20(29-2)14-8-17)28-23-6-4-3-5-21(22)23/h3-15H,1-2H3,(H,25,27). The van der Waals surface area contributed by atoms with Crippen LogP contribution in [0, 0.1) is 0 Å². The number of anilines is 1. The summed E-state index contributed by atoms with van der Waals surface area (Å²) >= 11 is 1.71. The first-order chi connectivity index (χ1) is 14.1. The summed E-state index contributed by atoms with van der Waals surface area (Å²) in [6.07, 6.45) is 2.06. The monoisotopic (exact) mass is 400 g/mol. The first-order valence-electron chi connectivity index (χ1n) is 9.22. The highest BCUT2D eigenvalue weighted by atomic mass is 32.2. The average Bonchev–Trinajstić information content (AvgIpc) is 2.75. The third kappa shape index (κ3) is 4.41. The fraction of sp³-hybridized carbons (Fsp3) is 0.0833. The summed E-state index contributed by atoms with van der Waals surface area (Å²) in [5.41, 5.74) is 3.34. The largest absolute Gasteiger partial charge is 0.456 e. The minimum Gasteiger partial charge on any atom is -0.456 e. The van der Waals surface area contributed by atoms with Gasteiger partial charge < -0.3 is 9.73 Å². The Morgan fingerprint density at radius 3 is 2.38 bits per heavy atom. The lowest BCUT2D eigenvalue weighted by molar-refractivity contribution is -0.114. The van der Waals surface area contributed by atoms with Crippen LogP contribution in [0.4, 0.5) is 11.4 Å². The van der Waals surface area contributed by atoms with E-state index >= 15 is 0 Å². The molecule has 0 fully saturated rings. The van der Waals surface area contributed by atoms with E-state index in [1.165, 1.54) is 11.8 Å². The van der Waals surface area contributed by atoms with Gasteiger partial charge in [-0.25, -0.2) is 4.99 Å². The van der Waals surface area contributed by atoms with E-state index < -0.39 is 0 Å². The molecule has 0 aliphatic carbocycles. The molecule has 0 spiro atoms. The molecule has 144 valence electrons. The Morgan fingerprint density at radius 2 is 1.69 bits per heavy atom. The number of hydrogen-bond acceptors (Lipinski definition) is 4. The maximum Gasteiger partial charge on any atom is 0.221 e. The van der Waals surface area contributed by atoms with Crippen LogP contribution in [0.5, 0.6) is 0 Å². The predicted octanol–water partition coefficient (Wildman–Crippen LogP) is 6.01. The van der Waals surface area contributed by atoms with Crippen LogP contribution in [0.2, 0.25) is 0 Å². The third-order valence-electron chi connectivity index (χ3n) is 4.46. The van der Waals surface area contributed by atoms with Crippen LogP contribution in [0.3, 0.4) is 0 Å². The van der Waals surface area contributed by atoms with Crippen LogP contribution >= 0.6 is 11.8 Å². The molecule has 0 aliphatic rings. The van der Waals surface area contributed by atoms with Crippen LogP contribution in [-0.2, 0) is 4.79 Å². The number of thioether (sulfide) groups is 1. The van der Waals surface area contributed by atoms with Gasteiger partial charge in [-0.1, -0.05) is 24.3 Å². The molecule has 1 N–H and O–H groups in total. The van der Waals surface area contributed by atoms with E-state index in [0.29, 0.717) is 0 Å². The summed E-state index contributed by atoms with van der Waals surface area (Å²) in [4.78, 5) is 17.2. The highest BCUT2D eigenvalue weighted by Crippen LogP contribution is 2.25. The summed E-state index contributed by atoms with van der Waals surface area (Å²) in [6, 6.07) is 25.6. The second-order valence-electron chi connectivity index (χ2n) is 6.56. The zero-order chi connectivity index (χ0) is 20.2. The van der Waals surface area contributed by atoms with Crippen molar-refractivity contribution in [2.45, 2.75) is 11.8 Å². The van der Waals surface area contributed by atoms with Crippen LogP contribution in [0.25, 0.3) is 22.3 Å². The van der Waals surface area contributed by atoms with E-state index in [1.54, 1.807) is 11.8 Å². The van der Waals surface area contributed by atoms with Crippen molar-refractivity contribution in [3.05, 3.63) is 84.2 Å². The molecule has 3 aromatic carbocycles. The zero-order valence-electron chi connectivity index (χ0n) is 16.2. The number of nitrogens with zero attached hydrogens (tertiary/aromatic N) is 1. The SMILES string of the molecule is CSc1ccc(-c2cc(=Nc3ccc(NC(C)=O)cc3)c3ccccc3o2)cc1. The number of amides is 1. The van der Waals surface area contributed by atoms with Gasteiger partial charge in [0.2, 0.25) is 5.91 Å². The highest BCUT2D eigenvalue weighted by molar-refractivity contribution is 7.98. The van der Waals surface area contributed by atoms with Gasteiger partial charge in [0.1, 0.15) is 11.3 Å². The van der Waals surface area contributed by atoms with Crippen molar-refractivity contribution in [2.24, 2.45) is 4.99 Å². The smallest absolute Gasteiger partial charge is 0.221 e. The predicted molar refractivity (Wildman–Crippen MR) is 119 cm³/mol. The van der Waals surface area contributed by atoms with Crippen molar-refractivity contribution in [3.8, 4) is 11.3 Å². The minimum atomic E-state index is -0.0949. The fourth-order valence-corrected chi connectivity index (χ4v) is 3.48. The van der Waals surface area contributed by atoms with Gasteiger partial charge in [0, 0.05) is 34.5 Å². The number of rotatable bonds is 4. The molecule has 1 aromatic heterocycles. The number of fused-ring (bicyclic) bond motifs is 1. The van der Waals surface area contributed by atoms with E-state index in [1.807, 2.05) is 54.6 Å². The Balaban J connectivity index is 1.82. The Kier molecular flexibility index (Phi) is 5.49. The van der Waals surface area contributed by atoms with Crippen molar-refractivity contribution in [1.29, 1.82) is 0 Å². The number of benzene rings is 3. The molecule has 0 unspecified atom stereocenters. The van der Waals surface area contributed by atoms with Crippen LogP contribution in [0.15, 0.2) is 93.2 Å². The highest BCUT2D eigenvalue weighted by Gasteiger charge is 2.06. The van der Waals surface area contributed by atoms with Gasteiger partial charge in [-0.05, 0) is 54.8 Å². The van der Waals surface area contributed by atoms with Gasteiger partial charge in [-0.3, -0.25) is 4.79 Å². The third-order valence-corrected chi connectivity index (χ3v) is 5.21. The summed E-state index contributed by atoms with van der Waals surface area (Å²) in [7, 11) is 0. The normalized spacial score (nSPS) is 11.6. The molecular weight excluding hydrogens is 380 g/mol. The second-order valence-corrected chi connectivity index (χ2v) is 7.44. The Hall–Kier alpha value is -3.31. The molecule has 4 rings (SSSR count). The minimum absolute atomic E-state index is 0.0949. The molecule has 29 heavy (non-hydrogen) atoms. The van der Waals surface area contributed by atoms with E-state index in [4.69, 9.17) is 9.41 Å². The second kappa shape index (κ2) is 8.37. The molecular formula is C24H20N2O2S. The van der Waals surface area contributed by atoms with Crippen molar-refractivity contribution in [3.63, 3.8) is 0 Å². The lowest BCUT2D eigenvalue weighted by Gasteiger charge is -2.06. The first-order valence-corrected chi connectivity index (χ1v) is 10.4. The Morgan fingerprint density at radius 1 is 0.966 bits per heavy atom. The molecule has 0 aliphatic heterocycles. The van der Waals surface area contributed by atoms with E-state index in [0.717, 1.165) is 39.0 Å². The van der Waals surface area contributed by atoms with Crippen LogP contribution in [0.1, 0.15) is 6.92 Å². The van der Waals surface area contributed by atoms with E-state index in [2.05, 4.69) is 35.8 Å². The number of para-hydroxylation sites is 1. The number of carbonyl (C=O) groups excluding carboxylic acids is 1. The summed E-state index contributed by atoms with van der Waals surface area (Å²) in [6.45, 7) is 1.49. The maximum atomic E-state index is 11.2. The molecule has 1 amide bonds.